The molecule has 0 fully saturated rings. The molecular formula is C18H19NO2Te. The first kappa shape index (κ1) is 16.7. The number of hydrogen-bond donors (Lipinski definition) is 0. The van der Waals surface area contributed by atoms with Gasteiger partial charge in [0.05, 0.1) is 0 Å². The summed E-state index contributed by atoms with van der Waals surface area (Å²) in [6.07, 6.45) is 0. The van der Waals surface area contributed by atoms with Gasteiger partial charge >= 0.3 is 144 Å². The molecule has 0 aliphatic carbocycles. The van der Waals surface area contributed by atoms with Gasteiger partial charge in [-0.3, -0.25) is 0 Å². The molecule has 2 aromatic carbocycles. The van der Waals surface area contributed by atoms with Crippen LogP contribution in [0.25, 0.3) is 0 Å². The van der Waals surface area contributed by atoms with E-state index in [0.717, 1.165) is 22.6 Å². The van der Waals surface area contributed by atoms with Crippen LogP contribution < -0.4 is 9.64 Å². The third-order valence-electron chi connectivity index (χ3n) is 3.39. The molecule has 0 unspecified atom stereocenters. The van der Waals surface area contributed by atoms with Crippen molar-refractivity contribution in [3.8, 4) is 5.75 Å². The van der Waals surface area contributed by atoms with Crippen molar-refractivity contribution in [2.24, 2.45) is 0 Å². The molecule has 114 valence electrons. The maximum absolute atomic E-state index is 12.2. The number of nitrogens with zero attached hydrogens (tertiary/aromatic N) is 1. The molecule has 0 aromatic heterocycles. The molecule has 1 amide bonds. The fourth-order valence-electron chi connectivity index (χ4n) is 2.29. The van der Waals surface area contributed by atoms with Crippen LogP contribution in [0, 0.1) is 20.8 Å². The minimum atomic E-state index is -0.0651. The number of anilines is 1. The van der Waals surface area contributed by atoms with Crippen molar-refractivity contribution < 1.29 is 9.53 Å². The van der Waals surface area contributed by atoms with E-state index >= 15 is 0 Å². The summed E-state index contributed by atoms with van der Waals surface area (Å²) in [5.41, 5.74) is 4.15. The molecule has 0 bridgehead atoms. The van der Waals surface area contributed by atoms with Gasteiger partial charge in [-0.05, 0) is 0 Å². The van der Waals surface area contributed by atoms with Crippen LogP contribution in [0.1, 0.15) is 23.6 Å². The van der Waals surface area contributed by atoms with Gasteiger partial charge in [0.25, 0.3) is 0 Å². The van der Waals surface area contributed by atoms with Gasteiger partial charge in [0, 0.05) is 0 Å². The van der Waals surface area contributed by atoms with E-state index in [0.29, 0.717) is 3.86 Å². The predicted octanol–water partition coefficient (Wildman–Crippen LogP) is 3.30. The molecule has 0 N–H and O–H groups in total. The zero-order chi connectivity index (χ0) is 16.3. The normalized spacial score (nSPS) is 10.2. The Morgan fingerprint density at radius 1 is 1.00 bits per heavy atom. The molecule has 0 atom stereocenters. The Morgan fingerprint density at radius 2 is 1.55 bits per heavy atom. The molecule has 2 rings (SSSR count). The van der Waals surface area contributed by atoms with Gasteiger partial charge in [-0.15, -0.1) is 0 Å². The van der Waals surface area contributed by atoms with Crippen LogP contribution in [0.5, 0.6) is 5.75 Å². The summed E-state index contributed by atoms with van der Waals surface area (Å²) in [5.74, 6) is 0.660. The SMILES string of the molecule is CC(=O)N(C(=[Te])Oc1ccc(C)cc1)c1c(C)cccc1C. The van der Waals surface area contributed by atoms with E-state index in [1.54, 1.807) is 33.6 Å². The summed E-state index contributed by atoms with van der Waals surface area (Å²) in [5, 5.41) is 0. The second kappa shape index (κ2) is 7.09. The van der Waals surface area contributed by atoms with Gasteiger partial charge in [-0.25, -0.2) is 0 Å². The first-order valence-electron chi connectivity index (χ1n) is 7.05. The molecule has 2 aromatic rings. The second-order valence-corrected chi connectivity index (χ2v) is 6.27. The summed E-state index contributed by atoms with van der Waals surface area (Å²) in [6, 6.07) is 13.8. The van der Waals surface area contributed by atoms with Gasteiger partial charge < -0.3 is 0 Å². The topological polar surface area (TPSA) is 29.5 Å². The number of para-hydroxylation sites is 1. The van der Waals surface area contributed by atoms with Crippen LogP contribution in [-0.2, 0) is 4.79 Å². The van der Waals surface area contributed by atoms with Gasteiger partial charge in [-0.1, -0.05) is 0 Å². The fraction of sp³-hybridized carbons (Fsp3) is 0.222. The van der Waals surface area contributed by atoms with Crippen LogP contribution in [-0.4, -0.2) is 31.6 Å². The summed E-state index contributed by atoms with van der Waals surface area (Å²) >= 11 is 1.73. The van der Waals surface area contributed by atoms with Crippen LogP contribution in [0.4, 0.5) is 5.69 Å². The minimum absolute atomic E-state index is 0.0651. The molecule has 4 heteroatoms. The molecule has 0 spiro atoms. The molecule has 0 saturated carbocycles. The van der Waals surface area contributed by atoms with E-state index in [4.69, 9.17) is 4.74 Å². The van der Waals surface area contributed by atoms with Crippen LogP contribution >= 0.6 is 0 Å². The van der Waals surface area contributed by atoms with Gasteiger partial charge in [-0.2, -0.15) is 0 Å². The zero-order valence-electron chi connectivity index (χ0n) is 13.2. The van der Waals surface area contributed by atoms with Crippen LogP contribution in [0.15, 0.2) is 42.5 Å². The van der Waals surface area contributed by atoms with Crippen molar-refractivity contribution in [2.75, 3.05) is 4.90 Å². The Hall–Kier alpha value is -1.63. The number of carbonyl (C=O) groups excluding carboxylic acids is 1. The molecule has 3 nitrogen and oxygen atoms in total. The van der Waals surface area contributed by atoms with E-state index in [1.165, 1.54) is 5.56 Å². The number of hydrogen-bond acceptors (Lipinski definition) is 2. The Kier molecular flexibility index (Phi) is 5.39. The van der Waals surface area contributed by atoms with Crippen molar-refractivity contribution in [1.82, 2.24) is 0 Å². The summed E-state index contributed by atoms with van der Waals surface area (Å²) in [7, 11) is 0. The molecule has 0 saturated heterocycles. The number of aryl methyl sites for hydroxylation is 3. The van der Waals surface area contributed by atoms with Crippen molar-refractivity contribution in [3.63, 3.8) is 0 Å². The fourth-order valence-corrected chi connectivity index (χ4v) is 3.19. The van der Waals surface area contributed by atoms with E-state index in [-0.39, 0.29) is 5.91 Å². The monoisotopic (exact) mass is 411 g/mol. The molecule has 0 heterocycles. The second-order valence-electron chi connectivity index (χ2n) is 5.28. The average Bonchev–Trinajstić information content (AvgIpc) is 2.45. The first-order chi connectivity index (χ1) is 10.4. The third kappa shape index (κ3) is 3.76. The Morgan fingerprint density at radius 3 is 2.05 bits per heavy atom. The first-order valence-corrected chi connectivity index (χ1v) is 8.22. The zero-order valence-corrected chi connectivity index (χ0v) is 15.5. The number of carbonyl (C=O) groups is 1. The Labute approximate surface area is 144 Å². The van der Waals surface area contributed by atoms with Crippen molar-refractivity contribution in [2.45, 2.75) is 27.7 Å². The Balaban J connectivity index is 2.34. The Bertz CT molecular complexity index is 687. The van der Waals surface area contributed by atoms with E-state index in [9.17, 15) is 4.79 Å². The molecule has 22 heavy (non-hydrogen) atoms. The van der Waals surface area contributed by atoms with Crippen molar-refractivity contribution in [1.29, 1.82) is 0 Å². The number of amides is 1. The van der Waals surface area contributed by atoms with E-state index in [1.807, 2.05) is 63.2 Å². The van der Waals surface area contributed by atoms with Crippen molar-refractivity contribution in [3.05, 3.63) is 59.2 Å². The van der Waals surface area contributed by atoms with Gasteiger partial charge in [0.2, 0.25) is 0 Å². The average molecular weight is 409 g/mol. The summed E-state index contributed by atoms with van der Waals surface area (Å²) in [6.45, 7) is 7.58. The number of rotatable bonds is 4. The van der Waals surface area contributed by atoms with E-state index in [2.05, 4.69) is 0 Å². The number of benzene rings is 2. The van der Waals surface area contributed by atoms with Gasteiger partial charge in [0.1, 0.15) is 0 Å². The quantitative estimate of drug-likeness (QED) is 0.726. The van der Waals surface area contributed by atoms with Crippen LogP contribution in [0.3, 0.4) is 0 Å². The van der Waals surface area contributed by atoms with Gasteiger partial charge in [0.15, 0.2) is 0 Å². The van der Waals surface area contributed by atoms with Crippen molar-refractivity contribution >= 4 is 37.3 Å². The molecule has 0 aliphatic heterocycles. The summed E-state index contributed by atoms with van der Waals surface area (Å²) in [4.78, 5) is 13.8. The molecule has 0 aliphatic rings. The maximum atomic E-state index is 12.2. The number of ether oxygens (including phenoxy) is 1. The molecule has 0 radical (unpaired) electrons. The summed E-state index contributed by atoms with van der Waals surface area (Å²) < 4.78 is 6.44. The predicted molar refractivity (Wildman–Crippen MR) is 91.6 cm³/mol. The van der Waals surface area contributed by atoms with E-state index < -0.39 is 0 Å². The third-order valence-corrected chi connectivity index (χ3v) is 4.15. The van der Waals surface area contributed by atoms with Crippen LogP contribution in [0.2, 0.25) is 0 Å². The standard InChI is InChI=1S/C18H19NO2Te/c1-12-8-10-16(11-9-12)21-18(22)19(15(4)20)17-13(2)6-5-7-14(17)3/h5-11H,1-4H3. The molecular weight excluding hydrogens is 390 g/mol.